The van der Waals surface area contributed by atoms with Crippen LogP contribution in [0.5, 0.6) is 0 Å². The Morgan fingerprint density at radius 2 is 1.44 bits per heavy atom. The first-order valence-electron chi connectivity index (χ1n) is 7.07. The molecule has 2 atom stereocenters. The van der Waals surface area contributed by atoms with Gasteiger partial charge in [0.25, 0.3) is 0 Å². The summed E-state index contributed by atoms with van der Waals surface area (Å²) in [7, 11) is 0. The second kappa shape index (κ2) is 5.03. The summed E-state index contributed by atoms with van der Waals surface area (Å²) >= 11 is 0. The highest BCUT2D eigenvalue weighted by molar-refractivity contribution is 4.91. The maximum absolute atomic E-state index is 3.51. The van der Waals surface area contributed by atoms with Crippen molar-refractivity contribution in [2.75, 3.05) is 52.4 Å². The fraction of sp³-hybridized carbons (Fsp3) is 1.00. The molecule has 3 heteroatoms. The molecule has 92 valence electrons. The van der Waals surface area contributed by atoms with Crippen LogP contribution in [0.1, 0.15) is 19.3 Å². The molecule has 0 aromatic rings. The van der Waals surface area contributed by atoms with Gasteiger partial charge in [-0.3, -0.25) is 0 Å². The molecule has 0 radical (unpaired) electrons. The predicted molar refractivity (Wildman–Crippen MR) is 66.6 cm³/mol. The van der Waals surface area contributed by atoms with E-state index in [1.807, 2.05) is 0 Å². The summed E-state index contributed by atoms with van der Waals surface area (Å²) in [6.45, 7) is 10.6. The van der Waals surface area contributed by atoms with Gasteiger partial charge in [-0.25, -0.2) is 0 Å². The minimum atomic E-state index is 0.960. The fourth-order valence-corrected chi connectivity index (χ4v) is 3.60. The molecule has 3 nitrogen and oxygen atoms in total. The number of fused-ring (bicyclic) bond motifs is 1. The molecule has 3 saturated heterocycles. The van der Waals surface area contributed by atoms with Crippen LogP contribution in [0.15, 0.2) is 0 Å². The van der Waals surface area contributed by atoms with Crippen LogP contribution in [-0.4, -0.2) is 62.2 Å². The lowest BCUT2D eigenvalue weighted by atomic mass is 10.0. The van der Waals surface area contributed by atoms with Crippen molar-refractivity contribution in [2.45, 2.75) is 19.3 Å². The molecule has 0 amide bonds. The minimum Gasteiger partial charge on any atom is -0.316 e. The Hall–Kier alpha value is -0.120. The van der Waals surface area contributed by atoms with E-state index in [2.05, 4.69) is 15.1 Å². The van der Waals surface area contributed by atoms with E-state index in [1.54, 1.807) is 0 Å². The van der Waals surface area contributed by atoms with Crippen LogP contribution in [0.25, 0.3) is 0 Å². The topological polar surface area (TPSA) is 18.5 Å². The van der Waals surface area contributed by atoms with Gasteiger partial charge in [-0.15, -0.1) is 0 Å². The van der Waals surface area contributed by atoms with Gasteiger partial charge in [0.2, 0.25) is 0 Å². The van der Waals surface area contributed by atoms with Gasteiger partial charge in [0.05, 0.1) is 0 Å². The number of hydrogen-bond donors (Lipinski definition) is 1. The first-order chi connectivity index (χ1) is 7.92. The molecule has 3 heterocycles. The SMILES string of the molecule is C1CCN(CCN2CC3CNCC3C2)CC1. The molecule has 2 unspecified atom stereocenters. The molecular weight excluding hydrogens is 198 g/mol. The zero-order valence-electron chi connectivity index (χ0n) is 10.3. The normalized spacial score (nSPS) is 36.8. The predicted octanol–water partition coefficient (Wildman–Crippen LogP) is 0.624. The summed E-state index contributed by atoms with van der Waals surface area (Å²) in [5.41, 5.74) is 0. The summed E-state index contributed by atoms with van der Waals surface area (Å²) in [6.07, 6.45) is 4.31. The van der Waals surface area contributed by atoms with Gasteiger partial charge in [0.1, 0.15) is 0 Å². The molecule has 0 aromatic heterocycles. The quantitative estimate of drug-likeness (QED) is 0.757. The van der Waals surface area contributed by atoms with Crippen molar-refractivity contribution < 1.29 is 0 Å². The number of rotatable bonds is 3. The van der Waals surface area contributed by atoms with Crippen molar-refractivity contribution in [3.05, 3.63) is 0 Å². The Balaban J connectivity index is 1.39. The molecule has 16 heavy (non-hydrogen) atoms. The Bertz CT molecular complexity index is 213. The van der Waals surface area contributed by atoms with Crippen molar-refractivity contribution in [1.29, 1.82) is 0 Å². The van der Waals surface area contributed by atoms with Gasteiger partial charge in [-0.1, -0.05) is 6.42 Å². The van der Waals surface area contributed by atoms with Crippen LogP contribution in [0.4, 0.5) is 0 Å². The van der Waals surface area contributed by atoms with Crippen molar-refractivity contribution >= 4 is 0 Å². The van der Waals surface area contributed by atoms with Crippen LogP contribution < -0.4 is 5.32 Å². The van der Waals surface area contributed by atoms with E-state index < -0.39 is 0 Å². The molecule has 3 fully saturated rings. The fourth-order valence-electron chi connectivity index (χ4n) is 3.60. The Kier molecular flexibility index (Phi) is 3.46. The van der Waals surface area contributed by atoms with E-state index in [0.29, 0.717) is 0 Å². The van der Waals surface area contributed by atoms with E-state index in [1.165, 1.54) is 71.6 Å². The number of nitrogens with one attached hydrogen (secondary N) is 1. The molecule has 0 spiro atoms. The second-order valence-electron chi connectivity index (χ2n) is 5.84. The molecule has 0 aromatic carbocycles. The van der Waals surface area contributed by atoms with Crippen LogP contribution in [-0.2, 0) is 0 Å². The maximum Gasteiger partial charge on any atom is 0.0110 e. The van der Waals surface area contributed by atoms with Gasteiger partial charge >= 0.3 is 0 Å². The number of nitrogens with zero attached hydrogens (tertiary/aromatic N) is 2. The van der Waals surface area contributed by atoms with E-state index in [4.69, 9.17) is 0 Å². The monoisotopic (exact) mass is 223 g/mol. The number of hydrogen-bond acceptors (Lipinski definition) is 3. The van der Waals surface area contributed by atoms with E-state index in [0.717, 1.165) is 11.8 Å². The smallest absolute Gasteiger partial charge is 0.0110 e. The van der Waals surface area contributed by atoms with Gasteiger partial charge in [-0.05, 0) is 50.9 Å². The average Bonchev–Trinajstić information content (AvgIpc) is 2.88. The highest BCUT2D eigenvalue weighted by Crippen LogP contribution is 2.25. The summed E-state index contributed by atoms with van der Waals surface area (Å²) in [4.78, 5) is 5.36. The summed E-state index contributed by atoms with van der Waals surface area (Å²) in [5.74, 6) is 1.92. The first kappa shape index (κ1) is 11.0. The van der Waals surface area contributed by atoms with Gasteiger partial charge in [0.15, 0.2) is 0 Å². The van der Waals surface area contributed by atoms with Gasteiger partial charge in [0, 0.05) is 26.2 Å². The summed E-state index contributed by atoms with van der Waals surface area (Å²) in [5, 5.41) is 3.51. The highest BCUT2D eigenvalue weighted by Gasteiger charge is 2.35. The average molecular weight is 223 g/mol. The Morgan fingerprint density at radius 1 is 0.812 bits per heavy atom. The Labute approximate surface area is 99.2 Å². The zero-order valence-corrected chi connectivity index (χ0v) is 10.3. The van der Waals surface area contributed by atoms with Gasteiger partial charge in [-0.2, -0.15) is 0 Å². The van der Waals surface area contributed by atoms with Gasteiger partial charge < -0.3 is 15.1 Å². The molecule has 0 aliphatic carbocycles. The molecule has 0 saturated carbocycles. The first-order valence-corrected chi connectivity index (χ1v) is 7.07. The van der Waals surface area contributed by atoms with Crippen LogP contribution >= 0.6 is 0 Å². The van der Waals surface area contributed by atoms with Crippen molar-refractivity contribution in [3.8, 4) is 0 Å². The highest BCUT2D eigenvalue weighted by atomic mass is 15.2. The molecular formula is C13H25N3. The molecule has 1 N–H and O–H groups in total. The van der Waals surface area contributed by atoms with E-state index in [9.17, 15) is 0 Å². The van der Waals surface area contributed by atoms with E-state index >= 15 is 0 Å². The Morgan fingerprint density at radius 3 is 2.12 bits per heavy atom. The molecule has 3 aliphatic rings. The van der Waals surface area contributed by atoms with Crippen molar-refractivity contribution in [1.82, 2.24) is 15.1 Å². The van der Waals surface area contributed by atoms with Crippen LogP contribution in [0.2, 0.25) is 0 Å². The van der Waals surface area contributed by atoms with Crippen molar-refractivity contribution in [2.24, 2.45) is 11.8 Å². The standard InChI is InChI=1S/C13H25N3/c1-2-4-15(5-3-1)6-7-16-10-12-8-14-9-13(12)11-16/h12-14H,1-11H2. The van der Waals surface area contributed by atoms with Crippen LogP contribution in [0.3, 0.4) is 0 Å². The van der Waals surface area contributed by atoms with Crippen LogP contribution in [0, 0.1) is 11.8 Å². The van der Waals surface area contributed by atoms with Crippen molar-refractivity contribution in [3.63, 3.8) is 0 Å². The largest absolute Gasteiger partial charge is 0.316 e. The number of likely N-dealkylation sites (tertiary alicyclic amines) is 2. The number of piperidine rings is 1. The summed E-state index contributed by atoms with van der Waals surface area (Å²) < 4.78 is 0. The lowest BCUT2D eigenvalue weighted by molar-refractivity contribution is 0.192. The lowest BCUT2D eigenvalue weighted by Gasteiger charge is -2.28. The third-order valence-corrected chi connectivity index (χ3v) is 4.65. The second-order valence-corrected chi connectivity index (χ2v) is 5.84. The maximum atomic E-state index is 3.51. The lowest BCUT2D eigenvalue weighted by Crippen LogP contribution is -2.38. The molecule has 3 aliphatic heterocycles. The summed E-state index contributed by atoms with van der Waals surface area (Å²) in [6, 6.07) is 0. The zero-order chi connectivity index (χ0) is 10.8. The molecule has 0 bridgehead atoms. The van der Waals surface area contributed by atoms with E-state index in [-0.39, 0.29) is 0 Å². The third-order valence-electron chi connectivity index (χ3n) is 4.65. The molecule has 3 rings (SSSR count). The minimum absolute atomic E-state index is 0.960. The third kappa shape index (κ3) is 2.41.